The summed E-state index contributed by atoms with van der Waals surface area (Å²) in [6.07, 6.45) is 4.81. The van der Waals surface area contributed by atoms with E-state index in [1.165, 1.54) is 0 Å². The molecule has 11 heteroatoms. The lowest BCUT2D eigenvalue weighted by molar-refractivity contribution is -0.120. The molecule has 7 rings (SSSR count). The fourth-order valence-electron chi connectivity index (χ4n) is 6.31. The molecule has 5 aromatic rings. The van der Waals surface area contributed by atoms with Crippen molar-refractivity contribution in [3.05, 3.63) is 100 Å². The first-order chi connectivity index (χ1) is 22.9. The zero-order chi connectivity index (χ0) is 32.3. The first-order valence-corrected chi connectivity index (χ1v) is 16.7. The fraction of sp³-hybridized carbons (Fsp3) is 0.278. The summed E-state index contributed by atoms with van der Waals surface area (Å²) in [5, 5.41) is 18.6. The van der Waals surface area contributed by atoms with Gasteiger partial charge in [0.05, 0.1) is 16.6 Å². The lowest BCUT2D eigenvalue weighted by Gasteiger charge is -2.15. The van der Waals surface area contributed by atoms with Gasteiger partial charge in [0.25, 0.3) is 0 Å². The summed E-state index contributed by atoms with van der Waals surface area (Å²) >= 11 is 14.2. The lowest BCUT2D eigenvalue weighted by atomic mass is 9.95. The van der Waals surface area contributed by atoms with Crippen LogP contribution in [0.4, 0.5) is 0 Å². The maximum absolute atomic E-state index is 11.4. The van der Waals surface area contributed by atoms with Crippen molar-refractivity contribution in [1.82, 2.24) is 35.9 Å². The van der Waals surface area contributed by atoms with Gasteiger partial charge in [0.2, 0.25) is 11.8 Å². The number of nitrogens with one attached hydrogen (secondary N) is 4. The molecule has 47 heavy (non-hydrogen) atoms. The molecule has 0 radical (unpaired) electrons. The molecule has 2 saturated heterocycles. The minimum absolute atomic E-state index is 0.108. The van der Waals surface area contributed by atoms with Gasteiger partial charge in [-0.1, -0.05) is 83.9 Å². The van der Waals surface area contributed by atoms with Gasteiger partial charge in [-0.25, -0.2) is 9.50 Å². The van der Waals surface area contributed by atoms with Crippen LogP contribution in [-0.2, 0) is 22.7 Å². The molecule has 2 amide bonds. The summed E-state index contributed by atoms with van der Waals surface area (Å²) in [5.74, 6) is 0.920. The third-order valence-corrected chi connectivity index (χ3v) is 9.62. The van der Waals surface area contributed by atoms with Crippen molar-refractivity contribution < 1.29 is 9.59 Å². The summed E-state index contributed by atoms with van der Waals surface area (Å²) in [5.41, 5.74) is 7.34. The molecule has 0 spiro atoms. The highest BCUT2D eigenvalue weighted by atomic mass is 35.5. The second-order valence-corrected chi connectivity index (χ2v) is 12.9. The summed E-state index contributed by atoms with van der Waals surface area (Å²) in [6.45, 7) is 2.68. The van der Waals surface area contributed by atoms with Crippen LogP contribution in [0.3, 0.4) is 0 Å². The molecule has 2 aliphatic heterocycles. The normalized spacial score (nSPS) is 17.7. The molecule has 2 aliphatic rings. The number of fused-ring (bicyclic) bond motifs is 1. The van der Waals surface area contributed by atoms with Crippen molar-refractivity contribution in [2.24, 2.45) is 0 Å². The van der Waals surface area contributed by atoms with Gasteiger partial charge in [0.15, 0.2) is 11.5 Å². The molecule has 4 N–H and O–H groups in total. The Labute approximate surface area is 283 Å². The lowest BCUT2D eigenvalue weighted by Crippen LogP contribution is -2.35. The molecule has 9 nitrogen and oxygen atoms in total. The average Bonchev–Trinajstić information content (AvgIpc) is 3.81. The van der Waals surface area contributed by atoms with Crippen LogP contribution in [0.1, 0.15) is 37.1 Å². The van der Waals surface area contributed by atoms with Crippen molar-refractivity contribution in [2.75, 3.05) is 13.1 Å². The van der Waals surface area contributed by atoms with Gasteiger partial charge in [0, 0.05) is 73.0 Å². The number of nitrogens with zero attached hydrogens (tertiary/aromatic N) is 3. The number of rotatable bonds is 11. The molecule has 2 fully saturated rings. The minimum Gasteiger partial charge on any atom is -0.352 e. The van der Waals surface area contributed by atoms with E-state index in [4.69, 9.17) is 28.2 Å². The van der Waals surface area contributed by atoms with Crippen LogP contribution in [0.2, 0.25) is 10.0 Å². The molecule has 240 valence electrons. The van der Waals surface area contributed by atoms with E-state index in [2.05, 4.69) is 50.6 Å². The average molecular weight is 669 g/mol. The number of aromatic nitrogens is 3. The Balaban J connectivity index is 1.06. The monoisotopic (exact) mass is 667 g/mol. The summed E-state index contributed by atoms with van der Waals surface area (Å²) < 4.78 is 1.76. The highest BCUT2D eigenvalue weighted by Gasteiger charge is 2.21. The zero-order valence-corrected chi connectivity index (χ0v) is 27.2. The molecule has 0 unspecified atom stereocenters. The van der Waals surface area contributed by atoms with Crippen molar-refractivity contribution in [1.29, 1.82) is 0 Å². The van der Waals surface area contributed by atoms with Crippen LogP contribution in [-0.4, -0.2) is 51.6 Å². The first kappa shape index (κ1) is 31.3. The van der Waals surface area contributed by atoms with E-state index in [9.17, 15) is 9.59 Å². The number of hydrogen-bond acceptors (Lipinski definition) is 6. The van der Waals surface area contributed by atoms with Crippen molar-refractivity contribution >= 4 is 40.7 Å². The Morgan fingerprint density at radius 3 is 1.89 bits per heavy atom. The summed E-state index contributed by atoms with van der Waals surface area (Å²) in [6, 6.07) is 24.7. The molecule has 3 aromatic carbocycles. The summed E-state index contributed by atoms with van der Waals surface area (Å²) in [7, 11) is 0. The number of benzene rings is 3. The maximum Gasteiger partial charge on any atom is 0.220 e. The van der Waals surface area contributed by atoms with Gasteiger partial charge in [0.1, 0.15) is 0 Å². The molecular weight excluding hydrogens is 633 g/mol. The highest BCUT2D eigenvalue weighted by molar-refractivity contribution is 6.39. The highest BCUT2D eigenvalue weighted by Crippen LogP contribution is 2.42. The van der Waals surface area contributed by atoms with E-state index in [0.29, 0.717) is 41.8 Å². The molecule has 2 atom stereocenters. The van der Waals surface area contributed by atoms with E-state index < -0.39 is 0 Å². The third-order valence-electron chi connectivity index (χ3n) is 8.81. The van der Waals surface area contributed by atoms with Crippen molar-refractivity contribution in [3.8, 4) is 33.4 Å². The zero-order valence-electron chi connectivity index (χ0n) is 25.7. The minimum atomic E-state index is 0.108. The number of pyridine rings is 1. The standard InChI is InChI=1S/C36H35Cl2N7O2/c37-35-27(23-9-7-22(8-10-23)18-39-19-25-11-13-33(46)41-25)3-1-5-29(35)30-6-2-4-28(36(30)38)24-15-16-45-32(17-24)43-31(44-45)21-40-20-26-12-14-34(47)42-26/h1-10,15-17,25-26,39-40H,11-14,18-21H2,(H,41,46)(H,42,47)/t25-,26-/m0/s1. The smallest absolute Gasteiger partial charge is 0.220 e. The Morgan fingerprint density at radius 1 is 0.723 bits per heavy atom. The van der Waals surface area contributed by atoms with Gasteiger partial charge in [-0.3, -0.25) is 9.59 Å². The van der Waals surface area contributed by atoms with E-state index in [1.807, 2.05) is 54.7 Å². The molecule has 0 saturated carbocycles. The Kier molecular flexibility index (Phi) is 9.22. The van der Waals surface area contributed by atoms with Crippen LogP contribution in [0.15, 0.2) is 79.0 Å². The predicted octanol–water partition coefficient (Wildman–Crippen LogP) is 5.77. The predicted molar refractivity (Wildman–Crippen MR) is 185 cm³/mol. The van der Waals surface area contributed by atoms with Crippen LogP contribution >= 0.6 is 23.2 Å². The van der Waals surface area contributed by atoms with Gasteiger partial charge in [-0.2, -0.15) is 0 Å². The number of carbonyl (C=O) groups is 2. The quantitative estimate of drug-likeness (QED) is 0.142. The Bertz CT molecular complexity index is 1940. The summed E-state index contributed by atoms with van der Waals surface area (Å²) in [4.78, 5) is 27.6. The van der Waals surface area contributed by atoms with Gasteiger partial charge in [-0.05, 0) is 41.7 Å². The second-order valence-electron chi connectivity index (χ2n) is 12.1. The van der Waals surface area contributed by atoms with E-state index in [0.717, 1.165) is 70.5 Å². The van der Waals surface area contributed by atoms with Crippen LogP contribution < -0.4 is 21.3 Å². The van der Waals surface area contributed by atoms with Crippen molar-refractivity contribution in [3.63, 3.8) is 0 Å². The Morgan fingerprint density at radius 2 is 1.30 bits per heavy atom. The maximum atomic E-state index is 11.4. The number of amides is 2. The molecule has 0 aliphatic carbocycles. The second kappa shape index (κ2) is 13.8. The molecule has 4 heterocycles. The van der Waals surface area contributed by atoms with E-state index in [-0.39, 0.29) is 23.9 Å². The van der Waals surface area contributed by atoms with Crippen LogP contribution in [0.5, 0.6) is 0 Å². The molecular formula is C36H35Cl2N7O2. The fourth-order valence-corrected chi connectivity index (χ4v) is 6.98. The number of hydrogen-bond donors (Lipinski definition) is 4. The van der Waals surface area contributed by atoms with Gasteiger partial charge < -0.3 is 21.3 Å². The van der Waals surface area contributed by atoms with Crippen LogP contribution in [0, 0.1) is 0 Å². The molecule has 0 bridgehead atoms. The van der Waals surface area contributed by atoms with Gasteiger partial charge >= 0.3 is 0 Å². The first-order valence-electron chi connectivity index (χ1n) is 15.9. The van der Waals surface area contributed by atoms with E-state index >= 15 is 0 Å². The topological polar surface area (TPSA) is 112 Å². The number of carbonyl (C=O) groups excluding carboxylic acids is 2. The van der Waals surface area contributed by atoms with Crippen molar-refractivity contribution in [2.45, 2.75) is 50.9 Å². The number of halogens is 2. The molecule has 2 aromatic heterocycles. The van der Waals surface area contributed by atoms with E-state index in [1.54, 1.807) is 4.52 Å². The largest absolute Gasteiger partial charge is 0.352 e. The third kappa shape index (κ3) is 7.04. The Hall–Kier alpha value is -4.28. The SMILES string of the molecule is O=C1CC[C@@H](CNCc2ccc(-c3cccc(-c4cccc(-c5ccn6nc(CNC[C@@H]7CCC(=O)N7)nc6c5)c4Cl)c3Cl)cc2)N1. The van der Waals surface area contributed by atoms with Crippen LogP contribution in [0.25, 0.3) is 39.0 Å². The van der Waals surface area contributed by atoms with Gasteiger partial charge in [-0.15, -0.1) is 5.10 Å².